The molecule has 3 rings (SSSR count). The molecule has 0 radical (unpaired) electrons. The molecule has 1 amide bonds. The number of nitrogens with one attached hydrogen (secondary N) is 2. The van der Waals surface area contributed by atoms with Gasteiger partial charge in [-0.3, -0.25) is 9.78 Å². The Bertz CT molecular complexity index is 658. The summed E-state index contributed by atoms with van der Waals surface area (Å²) < 4.78 is 10.5. The van der Waals surface area contributed by atoms with Crippen molar-refractivity contribution in [2.45, 2.75) is 0 Å². The molecule has 1 aliphatic heterocycles. The molecule has 0 unspecified atom stereocenters. The second kappa shape index (κ2) is 5.08. The van der Waals surface area contributed by atoms with Crippen LogP contribution in [-0.2, 0) is 0 Å². The van der Waals surface area contributed by atoms with Crippen molar-refractivity contribution in [3.63, 3.8) is 0 Å². The number of benzene rings is 1. The van der Waals surface area contributed by atoms with E-state index in [0.717, 1.165) is 5.69 Å². The van der Waals surface area contributed by atoms with E-state index in [-0.39, 0.29) is 12.7 Å². The van der Waals surface area contributed by atoms with E-state index < -0.39 is 0 Å². The van der Waals surface area contributed by atoms with Gasteiger partial charge in [-0.25, -0.2) is 0 Å². The van der Waals surface area contributed by atoms with E-state index in [9.17, 15) is 4.79 Å². The molecule has 2 aromatic rings. The number of hydrogen-bond acceptors (Lipinski definition) is 5. The average molecular weight is 271 g/mol. The third kappa shape index (κ3) is 2.23. The molecule has 6 nitrogen and oxygen atoms in total. The van der Waals surface area contributed by atoms with Crippen LogP contribution in [0.15, 0.2) is 36.7 Å². The minimum atomic E-state index is -0.235. The van der Waals surface area contributed by atoms with Gasteiger partial charge < -0.3 is 20.1 Å². The number of aromatic nitrogens is 1. The predicted octanol–water partition coefficient (Wildman–Crippen LogP) is 2.10. The minimum absolute atomic E-state index is 0.208. The van der Waals surface area contributed by atoms with E-state index in [2.05, 4.69) is 15.6 Å². The molecule has 0 bridgehead atoms. The van der Waals surface area contributed by atoms with Gasteiger partial charge in [0.25, 0.3) is 5.91 Å². The molecule has 102 valence electrons. The van der Waals surface area contributed by atoms with Crippen molar-refractivity contribution < 1.29 is 14.3 Å². The van der Waals surface area contributed by atoms with Gasteiger partial charge in [-0.15, -0.1) is 0 Å². The van der Waals surface area contributed by atoms with Gasteiger partial charge >= 0.3 is 0 Å². The van der Waals surface area contributed by atoms with Crippen LogP contribution in [0.2, 0.25) is 0 Å². The summed E-state index contributed by atoms with van der Waals surface area (Å²) in [5.74, 6) is 1.07. The number of pyridine rings is 1. The molecule has 0 saturated carbocycles. The van der Waals surface area contributed by atoms with Crippen LogP contribution in [0, 0.1) is 0 Å². The molecule has 0 aliphatic carbocycles. The Kier molecular flexibility index (Phi) is 3.12. The summed E-state index contributed by atoms with van der Waals surface area (Å²) in [6.07, 6.45) is 3.15. The van der Waals surface area contributed by atoms with Gasteiger partial charge in [0.05, 0.1) is 5.56 Å². The largest absolute Gasteiger partial charge is 0.454 e. The number of carbonyl (C=O) groups excluding carboxylic acids is 1. The number of anilines is 2. The Labute approximate surface area is 115 Å². The molecule has 0 atom stereocenters. The monoisotopic (exact) mass is 271 g/mol. The van der Waals surface area contributed by atoms with Gasteiger partial charge in [0.1, 0.15) is 0 Å². The summed E-state index contributed by atoms with van der Waals surface area (Å²) in [4.78, 5) is 16.2. The second-order valence-electron chi connectivity index (χ2n) is 4.19. The van der Waals surface area contributed by atoms with E-state index >= 15 is 0 Å². The second-order valence-corrected chi connectivity index (χ2v) is 4.19. The van der Waals surface area contributed by atoms with Crippen molar-refractivity contribution in [1.82, 2.24) is 4.98 Å². The Hall–Kier alpha value is -2.76. The number of ether oxygens (including phenoxy) is 2. The van der Waals surface area contributed by atoms with Gasteiger partial charge in [-0.1, -0.05) is 0 Å². The molecule has 1 aliphatic rings. The number of amides is 1. The van der Waals surface area contributed by atoms with Crippen molar-refractivity contribution >= 4 is 17.3 Å². The van der Waals surface area contributed by atoms with Crippen molar-refractivity contribution in [3.8, 4) is 11.5 Å². The van der Waals surface area contributed by atoms with Crippen LogP contribution in [0.5, 0.6) is 11.5 Å². The minimum Gasteiger partial charge on any atom is -0.454 e. The highest BCUT2D eigenvalue weighted by atomic mass is 16.7. The third-order valence-electron chi connectivity index (χ3n) is 2.97. The van der Waals surface area contributed by atoms with Gasteiger partial charge in [-0.05, 0) is 18.2 Å². The lowest BCUT2D eigenvalue weighted by atomic mass is 10.2. The van der Waals surface area contributed by atoms with Gasteiger partial charge in [-0.2, -0.15) is 0 Å². The Morgan fingerprint density at radius 1 is 1.25 bits per heavy atom. The first kappa shape index (κ1) is 12.3. The highest BCUT2D eigenvalue weighted by Crippen LogP contribution is 2.34. The van der Waals surface area contributed by atoms with Crippen LogP contribution in [0.25, 0.3) is 0 Å². The zero-order valence-electron chi connectivity index (χ0n) is 10.8. The number of hydrogen-bond donors (Lipinski definition) is 2. The zero-order chi connectivity index (χ0) is 13.9. The summed E-state index contributed by atoms with van der Waals surface area (Å²) in [5.41, 5.74) is 1.84. The van der Waals surface area contributed by atoms with Crippen molar-refractivity contribution in [2.75, 3.05) is 24.5 Å². The predicted molar refractivity (Wildman–Crippen MR) is 74.3 cm³/mol. The number of fused-ring (bicyclic) bond motifs is 1. The first-order chi connectivity index (χ1) is 9.78. The lowest BCUT2D eigenvalue weighted by Gasteiger charge is -2.09. The van der Waals surface area contributed by atoms with Crippen molar-refractivity contribution in [3.05, 3.63) is 42.2 Å². The maximum Gasteiger partial charge on any atom is 0.259 e. The molecule has 20 heavy (non-hydrogen) atoms. The first-order valence-corrected chi connectivity index (χ1v) is 6.10. The lowest BCUT2D eigenvalue weighted by molar-refractivity contribution is 0.102. The maximum absolute atomic E-state index is 12.2. The normalized spacial score (nSPS) is 12.1. The average Bonchev–Trinajstić information content (AvgIpc) is 2.94. The molecule has 0 saturated heterocycles. The topological polar surface area (TPSA) is 72.5 Å². The summed E-state index contributed by atoms with van der Waals surface area (Å²) in [6, 6.07) is 7.01. The number of carbonyl (C=O) groups is 1. The lowest BCUT2D eigenvalue weighted by Crippen LogP contribution is -2.14. The van der Waals surface area contributed by atoms with Gasteiger partial charge in [0, 0.05) is 36.9 Å². The third-order valence-corrected chi connectivity index (χ3v) is 2.97. The first-order valence-electron chi connectivity index (χ1n) is 6.10. The Balaban J connectivity index is 1.82. The molecule has 0 fully saturated rings. The summed E-state index contributed by atoms with van der Waals surface area (Å²) >= 11 is 0. The van der Waals surface area contributed by atoms with Gasteiger partial charge in [0.2, 0.25) is 6.79 Å². The number of rotatable bonds is 3. The molecule has 1 aromatic carbocycles. The molecular weight excluding hydrogens is 258 g/mol. The molecule has 2 N–H and O–H groups in total. The van der Waals surface area contributed by atoms with Crippen LogP contribution in [-0.4, -0.2) is 24.7 Å². The molecular formula is C14H13N3O3. The number of nitrogens with zero attached hydrogens (tertiary/aromatic N) is 1. The van der Waals surface area contributed by atoms with E-state index in [1.165, 1.54) is 6.20 Å². The molecule has 0 spiro atoms. The van der Waals surface area contributed by atoms with Gasteiger partial charge in [0.15, 0.2) is 11.5 Å². The van der Waals surface area contributed by atoms with Crippen LogP contribution in [0.1, 0.15) is 10.4 Å². The fraction of sp³-hybridized carbons (Fsp3) is 0.143. The standard InChI is InChI=1S/C14H13N3O3/c1-15-11-4-5-16-7-10(11)14(18)17-9-2-3-12-13(6-9)20-8-19-12/h2-7H,8H2,1H3,(H,15,16)(H,17,18). The summed E-state index contributed by atoms with van der Waals surface area (Å²) in [7, 11) is 1.76. The van der Waals surface area contributed by atoms with E-state index in [1.54, 1.807) is 37.5 Å². The van der Waals surface area contributed by atoms with E-state index in [4.69, 9.17) is 9.47 Å². The highest BCUT2D eigenvalue weighted by Gasteiger charge is 2.15. The Morgan fingerprint density at radius 3 is 2.95 bits per heavy atom. The smallest absolute Gasteiger partial charge is 0.259 e. The zero-order valence-corrected chi connectivity index (χ0v) is 10.8. The van der Waals surface area contributed by atoms with Crippen LogP contribution >= 0.6 is 0 Å². The molecule has 2 heterocycles. The SMILES string of the molecule is CNc1ccncc1C(=O)Nc1ccc2c(c1)OCO2. The highest BCUT2D eigenvalue weighted by molar-refractivity contribution is 6.07. The van der Waals surface area contributed by atoms with Crippen LogP contribution in [0.3, 0.4) is 0 Å². The molecule has 6 heteroatoms. The quantitative estimate of drug-likeness (QED) is 0.894. The fourth-order valence-corrected chi connectivity index (χ4v) is 1.97. The van der Waals surface area contributed by atoms with Crippen LogP contribution in [0.4, 0.5) is 11.4 Å². The van der Waals surface area contributed by atoms with E-state index in [0.29, 0.717) is 22.7 Å². The van der Waals surface area contributed by atoms with Crippen LogP contribution < -0.4 is 20.1 Å². The summed E-state index contributed by atoms with van der Waals surface area (Å²) in [6.45, 7) is 0.208. The van der Waals surface area contributed by atoms with E-state index in [1.807, 2.05) is 0 Å². The summed E-state index contributed by atoms with van der Waals surface area (Å²) in [5, 5.41) is 5.77. The fourth-order valence-electron chi connectivity index (χ4n) is 1.97. The Morgan fingerprint density at radius 2 is 2.10 bits per heavy atom. The maximum atomic E-state index is 12.2. The van der Waals surface area contributed by atoms with Crippen molar-refractivity contribution in [2.24, 2.45) is 0 Å². The molecule has 1 aromatic heterocycles. The van der Waals surface area contributed by atoms with Crippen molar-refractivity contribution in [1.29, 1.82) is 0 Å².